The van der Waals surface area contributed by atoms with Crippen LogP contribution in [0.1, 0.15) is 34.0 Å². The first-order valence-corrected chi connectivity index (χ1v) is 9.81. The molecule has 2 aliphatic rings. The van der Waals surface area contributed by atoms with Gasteiger partial charge in [-0.15, -0.1) is 0 Å². The number of Topliss-reactive ketones (excluding diaryl/α,β-unsaturated/α-hetero) is 3. The second-order valence-corrected chi connectivity index (χ2v) is 8.24. The summed E-state index contributed by atoms with van der Waals surface area (Å²) in [7, 11) is 1.27. The largest absolute Gasteiger partial charge is 0.507 e. The highest BCUT2D eigenvalue weighted by Gasteiger charge is 2.62. The van der Waals surface area contributed by atoms with Crippen LogP contribution < -0.4 is 5.73 Å². The molecule has 0 aromatic heterocycles. The summed E-state index contributed by atoms with van der Waals surface area (Å²) in [4.78, 5) is 38.9. The quantitative estimate of drug-likeness (QED) is 0.416. The lowest BCUT2D eigenvalue weighted by molar-refractivity contribution is -0.138. The number of carbonyl (C=O) groups excluding carboxylic acids is 3. The van der Waals surface area contributed by atoms with E-state index in [1.54, 1.807) is 26.0 Å². The van der Waals surface area contributed by atoms with Gasteiger partial charge in [-0.1, -0.05) is 12.1 Å². The molecule has 0 saturated heterocycles. The monoisotopic (exact) mass is 425 g/mol. The van der Waals surface area contributed by atoms with Gasteiger partial charge < -0.3 is 25.8 Å². The zero-order chi connectivity index (χ0) is 23.0. The summed E-state index contributed by atoms with van der Waals surface area (Å²) >= 11 is 0. The van der Waals surface area contributed by atoms with Gasteiger partial charge in [0.2, 0.25) is 11.6 Å². The van der Waals surface area contributed by atoms with Crippen LogP contribution in [0.3, 0.4) is 0 Å². The van der Waals surface area contributed by atoms with E-state index in [2.05, 4.69) is 0 Å². The van der Waals surface area contributed by atoms with Crippen molar-refractivity contribution in [2.75, 3.05) is 7.11 Å². The van der Waals surface area contributed by atoms with Crippen LogP contribution in [0.4, 0.5) is 0 Å². The summed E-state index contributed by atoms with van der Waals surface area (Å²) in [5.74, 6) is -4.69. The van der Waals surface area contributed by atoms with E-state index in [9.17, 15) is 29.7 Å². The predicted molar refractivity (Wildman–Crippen MR) is 111 cm³/mol. The van der Waals surface area contributed by atoms with Crippen molar-refractivity contribution < 1.29 is 34.4 Å². The van der Waals surface area contributed by atoms with Crippen LogP contribution in [-0.4, -0.2) is 51.4 Å². The van der Waals surface area contributed by atoms with E-state index in [0.717, 1.165) is 6.92 Å². The maximum Gasteiger partial charge on any atom is 0.209 e. The number of aryl methyl sites for hydroxylation is 2. The number of rotatable bonds is 2. The van der Waals surface area contributed by atoms with Crippen molar-refractivity contribution in [2.24, 2.45) is 11.7 Å². The highest BCUT2D eigenvalue weighted by Crippen LogP contribution is 2.49. The van der Waals surface area contributed by atoms with E-state index in [1.165, 1.54) is 7.11 Å². The minimum atomic E-state index is -2.63. The molecular formula is C23H23NO7. The van der Waals surface area contributed by atoms with Crippen LogP contribution in [-0.2, 0) is 20.7 Å². The summed E-state index contributed by atoms with van der Waals surface area (Å²) in [5, 5.41) is 33.5. The minimum Gasteiger partial charge on any atom is -0.507 e. The molecule has 0 saturated carbocycles. The van der Waals surface area contributed by atoms with E-state index < -0.39 is 46.2 Å². The zero-order valence-electron chi connectivity index (χ0n) is 17.6. The molecule has 31 heavy (non-hydrogen) atoms. The Kier molecular flexibility index (Phi) is 4.50. The Bertz CT molecular complexity index is 1240. The average molecular weight is 425 g/mol. The lowest BCUT2D eigenvalue weighted by atomic mass is 9.61. The summed E-state index contributed by atoms with van der Waals surface area (Å²) in [5.41, 5.74) is 4.49. The van der Waals surface area contributed by atoms with Crippen molar-refractivity contribution in [2.45, 2.75) is 38.8 Å². The third-order valence-corrected chi connectivity index (χ3v) is 6.67. The minimum absolute atomic E-state index is 0.00744. The van der Waals surface area contributed by atoms with E-state index in [1.807, 2.05) is 0 Å². The Labute approximate surface area is 177 Å². The molecule has 0 bridgehead atoms. The maximum absolute atomic E-state index is 13.6. The molecule has 0 radical (unpaired) electrons. The van der Waals surface area contributed by atoms with Crippen molar-refractivity contribution in [3.05, 3.63) is 45.7 Å². The molecule has 0 aliphatic heterocycles. The number of ether oxygens (including phenoxy) is 1. The van der Waals surface area contributed by atoms with Gasteiger partial charge in [0.15, 0.2) is 11.4 Å². The molecule has 0 heterocycles. The summed E-state index contributed by atoms with van der Waals surface area (Å²) in [6.07, 6.45) is -0.00744. The molecule has 3 atom stereocenters. The number of benzene rings is 2. The Morgan fingerprint density at radius 3 is 2.39 bits per heavy atom. The number of ketones is 3. The number of hydrogen-bond donors (Lipinski definition) is 4. The van der Waals surface area contributed by atoms with Crippen molar-refractivity contribution in [3.63, 3.8) is 0 Å². The third kappa shape index (κ3) is 2.46. The number of aromatic hydroxyl groups is 2. The average Bonchev–Trinajstić information content (AvgIpc) is 2.71. The summed E-state index contributed by atoms with van der Waals surface area (Å²) in [6.45, 7) is 4.51. The first-order chi connectivity index (χ1) is 14.5. The SMILES string of the molecule is COC1=C(C(C)=O)C(=O)[C@@]2(O)C(=O)c3c(c(C)c4ccc(C)c(O)c4c3O)CC2[C@H]1N. The van der Waals surface area contributed by atoms with Gasteiger partial charge >= 0.3 is 0 Å². The van der Waals surface area contributed by atoms with Gasteiger partial charge in [0.25, 0.3) is 0 Å². The topological polar surface area (TPSA) is 147 Å². The first kappa shape index (κ1) is 21.0. The molecule has 2 aromatic carbocycles. The normalized spacial score (nSPS) is 25.5. The number of hydrogen-bond acceptors (Lipinski definition) is 8. The van der Waals surface area contributed by atoms with Crippen molar-refractivity contribution in [3.8, 4) is 11.5 Å². The van der Waals surface area contributed by atoms with Crippen molar-refractivity contribution in [1.82, 2.24) is 0 Å². The summed E-state index contributed by atoms with van der Waals surface area (Å²) < 4.78 is 5.23. The van der Waals surface area contributed by atoms with E-state index >= 15 is 0 Å². The van der Waals surface area contributed by atoms with E-state index in [4.69, 9.17) is 10.5 Å². The van der Waals surface area contributed by atoms with Crippen LogP contribution in [0.5, 0.6) is 11.5 Å². The Morgan fingerprint density at radius 1 is 1.16 bits per heavy atom. The van der Waals surface area contributed by atoms with Gasteiger partial charge in [0.1, 0.15) is 22.8 Å². The smallest absolute Gasteiger partial charge is 0.209 e. The molecule has 1 unspecified atom stereocenters. The lowest BCUT2D eigenvalue weighted by Crippen LogP contribution is -2.65. The fourth-order valence-corrected chi connectivity index (χ4v) is 4.97. The molecule has 0 fully saturated rings. The molecular weight excluding hydrogens is 402 g/mol. The van der Waals surface area contributed by atoms with Crippen LogP contribution in [0.25, 0.3) is 10.8 Å². The van der Waals surface area contributed by atoms with E-state index in [0.29, 0.717) is 22.1 Å². The maximum atomic E-state index is 13.6. The molecule has 0 amide bonds. The van der Waals surface area contributed by atoms with Gasteiger partial charge in [0, 0.05) is 5.92 Å². The lowest BCUT2D eigenvalue weighted by Gasteiger charge is -2.45. The van der Waals surface area contributed by atoms with Gasteiger partial charge in [-0.2, -0.15) is 0 Å². The van der Waals surface area contributed by atoms with E-state index in [-0.39, 0.29) is 28.9 Å². The predicted octanol–water partition coefficient (Wildman–Crippen LogP) is 1.35. The number of phenolic OH excluding ortho intramolecular Hbond substituents is 2. The number of nitrogens with two attached hydrogens (primary N) is 1. The summed E-state index contributed by atoms with van der Waals surface area (Å²) in [6, 6.07) is 2.33. The fourth-order valence-electron chi connectivity index (χ4n) is 4.97. The number of carbonyl (C=O) groups is 3. The molecule has 4 rings (SSSR count). The first-order valence-electron chi connectivity index (χ1n) is 9.81. The molecule has 2 aliphatic carbocycles. The van der Waals surface area contributed by atoms with Gasteiger partial charge in [0.05, 0.1) is 24.1 Å². The van der Waals surface area contributed by atoms with Crippen molar-refractivity contribution in [1.29, 1.82) is 0 Å². The highest BCUT2D eigenvalue weighted by molar-refractivity contribution is 6.33. The standard InChI is InChI=1S/C23H23NO7/c1-8-5-6-11-9(2)12-7-13-17(24)20(31-4)14(10(3)25)21(28)23(13,30)22(29)16(12)19(27)15(11)18(8)26/h5-6,13,17,26-27,30H,7,24H2,1-4H3/t13?,17-,23-/m1/s1. The van der Waals surface area contributed by atoms with Gasteiger partial charge in [-0.3, -0.25) is 14.4 Å². The number of phenols is 2. The second kappa shape index (κ2) is 6.63. The molecule has 5 N–H and O–H groups in total. The Balaban J connectivity index is 2.07. The number of methoxy groups -OCH3 is 1. The molecule has 8 nitrogen and oxygen atoms in total. The van der Waals surface area contributed by atoms with Crippen LogP contribution in [0.2, 0.25) is 0 Å². The highest BCUT2D eigenvalue weighted by atomic mass is 16.5. The molecule has 162 valence electrons. The van der Waals surface area contributed by atoms with Crippen molar-refractivity contribution >= 4 is 28.1 Å². The van der Waals surface area contributed by atoms with Crippen LogP contribution in [0, 0.1) is 19.8 Å². The number of aliphatic hydroxyl groups is 1. The fraction of sp³-hybridized carbons (Fsp3) is 0.348. The van der Waals surface area contributed by atoms with Gasteiger partial charge in [-0.05, 0) is 49.3 Å². The Hall–Kier alpha value is -3.23. The molecule has 8 heteroatoms. The molecule has 0 spiro atoms. The van der Waals surface area contributed by atoms with Crippen LogP contribution >= 0.6 is 0 Å². The number of fused-ring (bicyclic) bond motifs is 3. The molecule has 2 aromatic rings. The second-order valence-electron chi connectivity index (χ2n) is 8.24. The zero-order valence-corrected chi connectivity index (χ0v) is 17.6. The van der Waals surface area contributed by atoms with Crippen LogP contribution in [0.15, 0.2) is 23.5 Å². The third-order valence-electron chi connectivity index (χ3n) is 6.67. The Morgan fingerprint density at radius 2 is 1.81 bits per heavy atom. The van der Waals surface area contributed by atoms with Gasteiger partial charge in [-0.25, -0.2) is 0 Å².